The molecule has 20 heavy (non-hydrogen) atoms. The Balaban J connectivity index is 1.88. The van der Waals surface area contributed by atoms with Crippen LogP contribution in [0.15, 0.2) is 0 Å². The smallest absolute Gasteiger partial charge is 0.167 e. The average Bonchev–Trinajstić information content (AvgIpc) is 3.09. The highest BCUT2D eigenvalue weighted by atomic mass is 16.5. The van der Waals surface area contributed by atoms with Gasteiger partial charge in [0.15, 0.2) is 5.82 Å². The molecule has 2 saturated heterocycles. The van der Waals surface area contributed by atoms with E-state index < -0.39 is 0 Å². The van der Waals surface area contributed by atoms with Gasteiger partial charge in [-0.3, -0.25) is 0 Å². The summed E-state index contributed by atoms with van der Waals surface area (Å²) >= 11 is 0. The molecule has 0 amide bonds. The second-order valence-corrected chi connectivity index (χ2v) is 5.53. The molecule has 2 fully saturated rings. The Kier molecular flexibility index (Phi) is 3.58. The molecule has 1 N–H and O–H groups in total. The minimum atomic E-state index is 0.268. The lowest BCUT2D eigenvalue weighted by molar-refractivity contribution is 0.102. The Morgan fingerprint density at radius 1 is 1.30 bits per heavy atom. The summed E-state index contributed by atoms with van der Waals surface area (Å²) in [6.07, 6.45) is 5.54. The van der Waals surface area contributed by atoms with Crippen LogP contribution in [0.5, 0.6) is 0 Å². The topological polar surface area (TPSA) is 70.8 Å². The van der Waals surface area contributed by atoms with E-state index in [1.165, 1.54) is 0 Å². The van der Waals surface area contributed by atoms with Crippen LogP contribution >= 0.6 is 0 Å². The summed E-state index contributed by atoms with van der Waals surface area (Å²) in [5.41, 5.74) is 2.61. The summed E-state index contributed by atoms with van der Waals surface area (Å²) in [7, 11) is 0. The molecule has 3 atom stereocenters. The fraction of sp³-hybridized carbons (Fsp3) is 0.667. The van der Waals surface area contributed by atoms with Crippen molar-refractivity contribution >= 4 is 5.82 Å². The predicted octanol–water partition coefficient (Wildman–Crippen LogP) is 2.20. The maximum Gasteiger partial charge on any atom is 0.167 e. The summed E-state index contributed by atoms with van der Waals surface area (Å²) in [6.45, 7) is 4.10. The molecule has 3 heterocycles. The Morgan fingerprint density at radius 2 is 2.15 bits per heavy atom. The number of hydrogen-bond acceptors (Lipinski definition) is 5. The van der Waals surface area contributed by atoms with Crippen molar-refractivity contribution in [2.24, 2.45) is 0 Å². The molecule has 2 bridgehead atoms. The molecule has 0 aromatic carbocycles. The number of nitrogens with zero attached hydrogens (tertiary/aromatic N) is 3. The number of aryl methyl sites for hydroxylation is 1. The molecule has 0 aliphatic carbocycles. The van der Waals surface area contributed by atoms with Crippen LogP contribution in [0.1, 0.15) is 49.9 Å². The fourth-order valence-corrected chi connectivity index (χ4v) is 3.36. The van der Waals surface area contributed by atoms with Gasteiger partial charge in [-0.25, -0.2) is 0 Å². The second kappa shape index (κ2) is 5.37. The van der Waals surface area contributed by atoms with Gasteiger partial charge in [0.05, 0.1) is 23.9 Å². The van der Waals surface area contributed by atoms with Gasteiger partial charge in [-0.2, -0.15) is 10.4 Å². The molecule has 2 aliphatic rings. The van der Waals surface area contributed by atoms with Crippen LogP contribution in [-0.2, 0) is 17.6 Å². The van der Waals surface area contributed by atoms with Crippen LogP contribution in [0.25, 0.3) is 0 Å². The summed E-state index contributed by atoms with van der Waals surface area (Å²) in [5, 5.41) is 21.4. The van der Waals surface area contributed by atoms with Crippen molar-refractivity contribution in [1.82, 2.24) is 10.2 Å². The number of ether oxygens (including phenoxy) is 1. The molecule has 2 aliphatic heterocycles. The first-order valence-electron chi connectivity index (χ1n) is 7.47. The molecule has 0 unspecified atom stereocenters. The second-order valence-electron chi connectivity index (χ2n) is 5.53. The molecule has 5 nitrogen and oxygen atoms in total. The number of aromatic nitrogens is 2. The first-order chi connectivity index (χ1) is 9.76. The maximum atomic E-state index is 9.47. The molecule has 0 radical (unpaired) electrons. The molecule has 5 heteroatoms. The van der Waals surface area contributed by atoms with Gasteiger partial charge in [-0.15, -0.1) is 5.10 Å². The zero-order chi connectivity index (χ0) is 14.1. The molecule has 0 spiro atoms. The van der Waals surface area contributed by atoms with E-state index in [-0.39, 0.29) is 12.1 Å². The minimum Gasteiger partial charge on any atom is -0.373 e. The largest absolute Gasteiger partial charge is 0.373 e. The highest BCUT2D eigenvalue weighted by Crippen LogP contribution is 2.36. The molecule has 1 aromatic rings. The zero-order valence-corrected chi connectivity index (χ0v) is 12.0. The summed E-state index contributed by atoms with van der Waals surface area (Å²) in [5.74, 6) is 0.628. The highest BCUT2D eigenvalue weighted by molar-refractivity contribution is 5.57. The number of hydrogen-bond donors (Lipinski definition) is 1. The number of nitriles is 1. The fourth-order valence-electron chi connectivity index (χ4n) is 3.36. The third-order valence-corrected chi connectivity index (χ3v) is 4.39. The van der Waals surface area contributed by atoms with Gasteiger partial charge >= 0.3 is 0 Å². The lowest BCUT2D eigenvalue weighted by atomic mass is 9.95. The third kappa shape index (κ3) is 2.14. The molecule has 106 valence electrons. The van der Waals surface area contributed by atoms with Crippen molar-refractivity contribution in [2.45, 2.75) is 64.2 Å². The number of anilines is 1. The highest BCUT2D eigenvalue weighted by Gasteiger charge is 2.41. The average molecular weight is 272 g/mol. The van der Waals surface area contributed by atoms with Gasteiger partial charge in [-0.1, -0.05) is 13.8 Å². The number of fused-ring (bicyclic) bond motifs is 2. The Bertz CT molecular complexity index is 552. The van der Waals surface area contributed by atoms with Gasteiger partial charge in [-0.05, 0) is 37.7 Å². The quantitative estimate of drug-likeness (QED) is 0.910. The molecule has 0 saturated carbocycles. The van der Waals surface area contributed by atoms with Crippen molar-refractivity contribution in [1.29, 1.82) is 5.26 Å². The summed E-state index contributed by atoms with van der Waals surface area (Å²) < 4.78 is 5.84. The summed E-state index contributed by atoms with van der Waals surface area (Å²) in [4.78, 5) is 0. The van der Waals surface area contributed by atoms with Gasteiger partial charge < -0.3 is 10.1 Å². The van der Waals surface area contributed by atoms with E-state index >= 15 is 0 Å². The number of rotatable bonds is 4. The standard InChI is InChI=1S/C15H20N4O/c1-3-10-11(8-16)15(19-18-12(10)4-2)17-13-7-9-5-6-14(13)20-9/h9,13-14H,3-7H2,1-2H3,(H,17,19)/t9-,13+,14-/m1/s1. The van der Waals surface area contributed by atoms with E-state index in [1.54, 1.807) is 0 Å². The van der Waals surface area contributed by atoms with Crippen molar-refractivity contribution in [3.05, 3.63) is 16.8 Å². The number of nitrogens with one attached hydrogen (secondary N) is 1. The van der Waals surface area contributed by atoms with Crippen molar-refractivity contribution < 1.29 is 4.74 Å². The van der Waals surface area contributed by atoms with Gasteiger partial charge in [0, 0.05) is 0 Å². The summed E-state index contributed by atoms with van der Waals surface area (Å²) in [6, 6.07) is 2.57. The van der Waals surface area contributed by atoms with Crippen LogP contribution in [0.4, 0.5) is 5.82 Å². The van der Waals surface area contributed by atoms with Crippen LogP contribution < -0.4 is 5.32 Å². The van der Waals surface area contributed by atoms with Crippen molar-refractivity contribution in [3.63, 3.8) is 0 Å². The molecular weight excluding hydrogens is 252 g/mol. The van der Waals surface area contributed by atoms with Crippen LogP contribution in [-0.4, -0.2) is 28.4 Å². The first kappa shape index (κ1) is 13.3. The first-order valence-corrected chi connectivity index (χ1v) is 7.47. The van der Waals surface area contributed by atoms with Crippen molar-refractivity contribution in [3.8, 4) is 6.07 Å². The van der Waals surface area contributed by atoms with Gasteiger partial charge in [0.2, 0.25) is 0 Å². The minimum absolute atomic E-state index is 0.268. The molecule has 1 aromatic heterocycles. The van der Waals surface area contributed by atoms with Crippen LogP contribution in [0.2, 0.25) is 0 Å². The van der Waals surface area contributed by atoms with Crippen molar-refractivity contribution in [2.75, 3.05) is 5.32 Å². The Hall–Kier alpha value is -1.67. The van der Waals surface area contributed by atoms with E-state index in [2.05, 4.69) is 28.5 Å². The molecule has 3 rings (SSSR count). The van der Waals surface area contributed by atoms with E-state index in [9.17, 15) is 5.26 Å². The predicted molar refractivity (Wildman–Crippen MR) is 75.4 cm³/mol. The third-order valence-electron chi connectivity index (χ3n) is 4.39. The van der Waals surface area contributed by atoms with Gasteiger partial charge in [0.25, 0.3) is 0 Å². The Labute approximate surface area is 119 Å². The van der Waals surface area contributed by atoms with Crippen LogP contribution in [0.3, 0.4) is 0 Å². The SMILES string of the molecule is CCc1nnc(N[C@H]2C[C@H]3CC[C@H]2O3)c(C#N)c1CC. The lowest BCUT2D eigenvalue weighted by Crippen LogP contribution is -2.31. The lowest BCUT2D eigenvalue weighted by Gasteiger charge is -2.21. The monoisotopic (exact) mass is 272 g/mol. The molecular formula is C15H20N4O. The normalized spacial score (nSPS) is 27.6. The van der Waals surface area contributed by atoms with E-state index in [0.29, 0.717) is 17.5 Å². The van der Waals surface area contributed by atoms with Crippen LogP contribution in [0, 0.1) is 11.3 Å². The van der Waals surface area contributed by atoms with E-state index in [4.69, 9.17) is 4.74 Å². The maximum absolute atomic E-state index is 9.47. The Morgan fingerprint density at radius 3 is 2.70 bits per heavy atom. The van der Waals surface area contributed by atoms with E-state index in [1.807, 2.05) is 6.92 Å². The van der Waals surface area contributed by atoms with E-state index in [0.717, 1.165) is 43.4 Å². The zero-order valence-electron chi connectivity index (χ0n) is 12.0. The van der Waals surface area contributed by atoms with Gasteiger partial charge in [0.1, 0.15) is 11.6 Å².